The molecule has 88 valence electrons. The minimum atomic E-state index is -0.460. The molecule has 0 saturated carbocycles. The molecule has 0 bridgehead atoms. The predicted octanol–water partition coefficient (Wildman–Crippen LogP) is 2.42. The maximum atomic E-state index is 13.8. The number of amidine groups is 1. The lowest BCUT2D eigenvalue weighted by Gasteiger charge is -2.12. The van der Waals surface area contributed by atoms with E-state index in [2.05, 4.69) is 0 Å². The van der Waals surface area contributed by atoms with Gasteiger partial charge in [-0.3, -0.25) is 5.41 Å². The van der Waals surface area contributed by atoms with Gasteiger partial charge >= 0.3 is 0 Å². The van der Waals surface area contributed by atoms with Gasteiger partial charge in [0, 0.05) is 5.56 Å². The zero-order valence-corrected chi connectivity index (χ0v) is 9.59. The van der Waals surface area contributed by atoms with E-state index in [1.807, 2.05) is 13.8 Å². The average Bonchev–Trinajstić information content (AvgIpc) is 2.26. The lowest BCUT2D eigenvalue weighted by Crippen LogP contribution is -2.15. The molecule has 1 aromatic rings. The molecule has 0 heterocycles. The first-order valence-electron chi connectivity index (χ1n) is 5.29. The number of halogens is 1. The van der Waals surface area contributed by atoms with E-state index < -0.39 is 5.82 Å². The molecule has 3 N–H and O–H groups in total. The molecule has 1 aromatic carbocycles. The Bertz CT molecular complexity index is 379. The van der Waals surface area contributed by atoms with Crippen LogP contribution in [0.4, 0.5) is 4.39 Å². The van der Waals surface area contributed by atoms with E-state index in [0.717, 1.165) is 6.42 Å². The number of nitrogen functional groups attached to an aromatic ring is 1. The summed E-state index contributed by atoms with van der Waals surface area (Å²) in [7, 11) is 0. The highest BCUT2D eigenvalue weighted by Crippen LogP contribution is 2.14. The summed E-state index contributed by atoms with van der Waals surface area (Å²) in [4.78, 5) is 0. The van der Waals surface area contributed by atoms with Crippen molar-refractivity contribution in [1.29, 1.82) is 5.41 Å². The number of ether oxygens (including phenoxy) is 1. The SMILES string of the molecule is CCC(C)OCc1cccc(C(=N)N)c1F. The minimum Gasteiger partial charge on any atom is -0.384 e. The lowest BCUT2D eigenvalue weighted by atomic mass is 10.1. The van der Waals surface area contributed by atoms with Crippen molar-refractivity contribution in [3.8, 4) is 0 Å². The quantitative estimate of drug-likeness (QED) is 0.596. The smallest absolute Gasteiger partial charge is 0.139 e. The fourth-order valence-corrected chi connectivity index (χ4v) is 1.25. The molecule has 3 nitrogen and oxygen atoms in total. The first-order chi connectivity index (χ1) is 7.56. The third-order valence-corrected chi connectivity index (χ3v) is 2.47. The molecular weight excluding hydrogens is 207 g/mol. The van der Waals surface area contributed by atoms with Crippen LogP contribution < -0.4 is 5.73 Å². The Morgan fingerprint density at radius 2 is 2.25 bits per heavy atom. The highest BCUT2D eigenvalue weighted by Gasteiger charge is 2.10. The summed E-state index contributed by atoms with van der Waals surface area (Å²) < 4.78 is 19.2. The monoisotopic (exact) mass is 224 g/mol. The molecule has 0 spiro atoms. The number of rotatable bonds is 5. The molecule has 0 radical (unpaired) electrons. The molecule has 0 aliphatic carbocycles. The highest BCUT2D eigenvalue weighted by molar-refractivity contribution is 5.95. The van der Waals surface area contributed by atoms with Gasteiger partial charge in [-0.2, -0.15) is 0 Å². The Balaban J connectivity index is 2.81. The molecular formula is C12H17FN2O. The fraction of sp³-hybridized carbons (Fsp3) is 0.417. The van der Waals surface area contributed by atoms with Crippen LogP contribution >= 0.6 is 0 Å². The molecule has 0 fully saturated rings. The topological polar surface area (TPSA) is 59.1 Å². The van der Waals surface area contributed by atoms with Gasteiger partial charge in [0.25, 0.3) is 0 Å². The maximum absolute atomic E-state index is 13.8. The van der Waals surface area contributed by atoms with Crippen molar-refractivity contribution in [3.63, 3.8) is 0 Å². The average molecular weight is 224 g/mol. The van der Waals surface area contributed by atoms with Crippen LogP contribution in [0.5, 0.6) is 0 Å². The Kier molecular flexibility index (Phi) is 4.43. The predicted molar refractivity (Wildman–Crippen MR) is 62.0 cm³/mol. The van der Waals surface area contributed by atoms with Crippen molar-refractivity contribution >= 4 is 5.84 Å². The van der Waals surface area contributed by atoms with Gasteiger partial charge < -0.3 is 10.5 Å². The maximum Gasteiger partial charge on any atom is 0.139 e. The molecule has 1 atom stereocenters. The van der Waals surface area contributed by atoms with Gasteiger partial charge in [0.2, 0.25) is 0 Å². The third-order valence-electron chi connectivity index (χ3n) is 2.47. The van der Waals surface area contributed by atoms with Crippen LogP contribution in [-0.2, 0) is 11.3 Å². The zero-order chi connectivity index (χ0) is 12.1. The van der Waals surface area contributed by atoms with Crippen molar-refractivity contribution in [3.05, 3.63) is 35.1 Å². The standard InChI is InChI=1S/C12H17FN2O/c1-3-8(2)16-7-9-5-4-6-10(11(9)13)12(14)15/h4-6,8H,3,7H2,1-2H3,(H3,14,15). The molecule has 0 saturated heterocycles. The van der Waals surface area contributed by atoms with E-state index in [-0.39, 0.29) is 24.1 Å². The zero-order valence-electron chi connectivity index (χ0n) is 9.59. The summed E-state index contributed by atoms with van der Waals surface area (Å²) in [5, 5.41) is 7.22. The van der Waals surface area contributed by atoms with Crippen LogP contribution in [0.1, 0.15) is 31.4 Å². The summed E-state index contributed by atoms with van der Waals surface area (Å²) in [5.41, 5.74) is 5.84. The number of nitrogens with one attached hydrogen (secondary N) is 1. The Morgan fingerprint density at radius 1 is 1.56 bits per heavy atom. The highest BCUT2D eigenvalue weighted by atomic mass is 19.1. The van der Waals surface area contributed by atoms with Crippen molar-refractivity contribution < 1.29 is 9.13 Å². The van der Waals surface area contributed by atoms with Gasteiger partial charge in [-0.1, -0.05) is 19.1 Å². The second-order valence-electron chi connectivity index (χ2n) is 3.72. The van der Waals surface area contributed by atoms with E-state index in [1.165, 1.54) is 6.07 Å². The van der Waals surface area contributed by atoms with Crippen LogP contribution in [0.2, 0.25) is 0 Å². The Hall–Kier alpha value is -1.42. The van der Waals surface area contributed by atoms with E-state index in [0.29, 0.717) is 5.56 Å². The lowest BCUT2D eigenvalue weighted by molar-refractivity contribution is 0.0492. The molecule has 0 aliphatic heterocycles. The second-order valence-corrected chi connectivity index (χ2v) is 3.72. The number of nitrogens with two attached hydrogens (primary N) is 1. The van der Waals surface area contributed by atoms with E-state index >= 15 is 0 Å². The van der Waals surface area contributed by atoms with Gasteiger partial charge in [-0.25, -0.2) is 4.39 Å². The summed E-state index contributed by atoms with van der Waals surface area (Å²) >= 11 is 0. The van der Waals surface area contributed by atoms with E-state index in [4.69, 9.17) is 15.9 Å². The number of benzene rings is 1. The molecule has 0 amide bonds. The number of hydrogen-bond acceptors (Lipinski definition) is 2. The minimum absolute atomic E-state index is 0.0976. The molecule has 0 aliphatic rings. The van der Waals surface area contributed by atoms with Crippen LogP contribution in [0.3, 0.4) is 0 Å². The second kappa shape index (κ2) is 5.61. The first kappa shape index (κ1) is 12.6. The summed E-state index contributed by atoms with van der Waals surface area (Å²) in [5.74, 6) is -0.721. The molecule has 0 aromatic heterocycles. The van der Waals surface area contributed by atoms with Crippen LogP contribution in [0.15, 0.2) is 18.2 Å². The van der Waals surface area contributed by atoms with Crippen LogP contribution in [0, 0.1) is 11.2 Å². The largest absolute Gasteiger partial charge is 0.384 e. The fourth-order valence-electron chi connectivity index (χ4n) is 1.25. The Morgan fingerprint density at radius 3 is 2.81 bits per heavy atom. The van der Waals surface area contributed by atoms with Crippen molar-refractivity contribution in [2.24, 2.45) is 5.73 Å². The number of hydrogen-bond donors (Lipinski definition) is 2. The van der Waals surface area contributed by atoms with Gasteiger partial charge in [0.05, 0.1) is 18.3 Å². The normalized spacial score (nSPS) is 12.4. The van der Waals surface area contributed by atoms with Gasteiger partial charge in [-0.15, -0.1) is 0 Å². The molecule has 4 heteroatoms. The van der Waals surface area contributed by atoms with Crippen LogP contribution in [-0.4, -0.2) is 11.9 Å². The third kappa shape index (κ3) is 3.03. The van der Waals surface area contributed by atoms with Gasteiger partial charge in [0.15, 0.2) is 0 Å². The van der Waals surface area contributed by atoms with Crippen molar-refractivity contribution in [2.75, 3.05) is 0 Å². The van der Waals surface area contributed by atoms with E-state index in [9.17, 15) is 4.39 Å². The molecule has 16 heavy (non-hydrogen) atoms. The van der Waals surface area contributed by atoms with Crippen LogP contribution in [0.25, 0.3) is 0 Å². The first-order valence-corrected chi connectivity index (χ1v) is 5.29. The van der Waals surface area contributed by atoms with Crippen molar-refractivity contribution in [2.45, 2.75) is 33.0 Å². The Labute approximate surface area is 94.9 Å². The van der Waals surface area contributed by atoms with E-state index in [1.54, 1.807) is 12.1 Å². The van der Waals surface area contributed by atoms with Gasteiger partial charge in [0.1, 0.15) is 11.7 Å². The van der Waals surface area contributed by atoms with Crippen molar-refractivity contribution in [1.82, 2.24) is 0 Å². The molecule has 1 rings (SSSR count). The van der Waals surface area contributed by atoms with Gasteiger partial charge in [-0.05, 0) is 19.4 Å². The summed E-state index contributed by atoms with van der Waals surface area (Å²) in [6.45, 7) is 4.15. The summed E-state index contributed by atoms with van der Waals surface area (Å²) in [6.07, 6.45) is 0.981. The summed E-state index contributed by atoms with van der Waals surface area (Å²) in [6, 6.07) is 4.81. The molecule has 1 unspecified atom stereocenters.